The van der Waals surface area contributed by atoms with Gasteiger partial charge in [-0.2, -0.15) is 0 Å². The SMILES string of the molecule is CCC(C)CC(C)C(=O)C(N)=O. The van der Waals surface area contributed by atoms with Gasteiger partial charge in [-0.05, 0) is 12.3 Å². The average molecular weight is 171 g/mol. The number of carbonyl (C=O) groups excluding carboxylic acids is 2. The highest BCUT2D eigenvalue weighted by Gasteiger charge is 2.19. The van der Waals surface area contributed by atoms with Crippen molar-refractivity contribution in [1.82, 2.24) is 0 Å². The molecule has 0 rings (SSSR count). The predicted octanol–water partition coefficient (Wildman–Crippen LogP) is 1.11. The zero-order valence-electron chi connectivity index (χ0n) is 7.96. The van der Waals surface area contributed by atoms with Crippen LogP contribution in [0.1, 0.15) is 33.6 Å². The highest BCUT2D eigenvalue weighted by Crippen LogP contribution is 2.14. The van der Waals surface area contributed by atoms with Gasteiger partial charge in [0.15, 0.2) is 0 Å². The first-order valence-corrected chi connectivity index (χ1v) is 4.32. The van der Waals surface area contributed by atoms with Crippen LogP contribution in [0.25, 0.3) is 0 Å². The lowest BCUT2D eigenvalue weighted by Crippen LogP contribution is -2.29. The van der Waals surface area contributed by atoms with E-state index in [1.807, 2.05) is 0 Å². The molecule has 0 heterocycles. The molecule has 0 radical (unpaired) electrons. The molecule has 0 spiro atoms. The van der Waals surface area contributed by atoms with Crippen LogP contribution in [0.3, 0.4) is 0 Å². The highest BCUT2D eigenvalue weighted by molar-refractivity contribution is 6.36. The topological polar surface area (TPSA) is 60.2 Å². The van der Waals surface area contributed by atoms with Crippen LogP contribution in [0.2, 0.25) is 0 Å². The molecule has 2 atom stereocenters. The molecule has 0 aromatic rings. The number of primary amides is 1. The average Bonchev–Trinajstić information content (AvgIpc) is 2.02. The van der Waals surface area contributed by atoms with E-state index in [1.54, 1.807) is 6.92 Å². The highest BCUT2D eigenvalue weighted by atomic mass is 16.2. The molecule has 0 saturated carbocycles. The summed E-state index contributed by atoms with van der Waals surface area (Å²) in [7, 11) is 0. The predicted molar refractivity (Wildman–Crippen MR) is 47.4 cm³/mol. The fourth-order valence-electron chi connectivity index (χ4n) is 1.12. The lowest BCUT2D eigenvalue weighted by Gasteiger charge is -2.12. The molecule has 0 aromatic heterocycles. The van der Waals surface area contributed by atoms with Gasteiger partial charge in [-0.15, -0.1) is 0 Å². The van der Waals surface area contributed by atoms with Crippen LogP contribution in [-0.2, 0) is 9.59 Å². The summed E-state index contributed by atoms with van der Waals surface area (Å²) in [6, 6.07) is 0. The van der Waals surface area contributed by atoms with Crippen LogP contribution < -0.4 is 5.73 Å². The normalized spacial score (nSPS) is 15.2. The molecule has 3 nitrogen and oxygen atoms in total. The second kappa shape index (κ2) is 4.91. The van der Waals surface area contributed by atoms with Gasteiger partial charge in [-0.1, -0.05) is 27.2 Å². The van der Waals surface area contributed by atoms with Crippen molar-refractivity contribution in [2.24, 2.45) is 17.6 Å². The fourth-order valence-corrected chi connectivity index (χ4v) is 1.12. The number of Topliss-reactive ketones (excluding diaryl/α,β-unsaturated/α-hetero) is 1. The minimum absolute atomic E-state index is 0.225. The number of amides is 1. The van der Waals surface area contributed by atoms with Crippen molar-refractivity contribution in [1.29, 1.82) is 0 Å². The summed E-state index contributed by atoms with van der Waals surface area (Å²) in [4.78, 5) is 21.5. The number of ketones is 1. The monoisotopic (exact) mass is 171 g/mol. The van der Waals surface area contributed by atoms with Gasteiger partial charge in [0.2, 0.25) is 5.78 Å². The molecular formula is C9H17NO2. The van der Waals surface area contributed by atoms with Crippen molar-refractivity contribution in [2.45, 2.75) is 33.6 Å². The Morgan fingerprint density at radius 3 is 2.17 bits per heavy atom. The Morgan fingerprint density at radius 1 is 1.33 bits per heavy atom. The third-order valence-electron chi connectivity index (χ3n) is 2.14. The van der Waals surface area contributed by atoms with E-state index in [9.17, 15) is 9.59 Å². The zero-order chi connectivity index (χ0) is 9.72. The number of rotatable bonds is 5. The summed E-state index contributed by atoms with van der Waals surface area (Å²) in [6.45, 7) is 5.87. The van der Waals surface area contributed by atoms with Crippen LogP contribution in [0.15, 0.2) is 0 Å². The molecule has 0 aliphatic carbocycles. The second-order valence-electron chi connectivity index (χ2n) is 3.38. The van der Waals surface area contributed by atoms with E-state index in [-0.39, 0.29) is 5.92 Å². The third-order valence-corrected chi connectivity index (χ3v) is 2.14. The second-order valence-corrected chi connectivity index (χ2v) is 3.38. The van der Waals surface area contributed by atoms with Crippen LogP contribution in [-0.4, -0.2) is 11.7 Å². The minimum Gasteiger partial charge on any atom is -0.363 e. The molecule has 0 aliphatic heterocycles. The van der Waals surface area contributed by atoms with Crippen molar-refractivity contribution in [3.63, 3.8) is 0 Å². The molecule has 0 aliphatic rings. The first-order valence-electron chi connectivity index (χ1n) is 4.32. The maximum atomic E-state index is 11.0. The van der Waals surface area contributed by atoms with Gasteiger partial charge in [0.25, 0.3) is 5.91 Å². The van der Waals surface area contributed by atoms with E-state index >= 15 is 0 Å². The first kappa shape index (κ1) is 11.1. The molecule has 1 amide bonds. The molecule has 0 fully saturated rings. The van der Waals surface area contributed by atoms with Gasteiger partial charge in [-0.25, -0.2) is 0 Å². The standard InChI is InChI=1S/C9H17NO2/c1-4-6(2)5-7(3)8(11)9(10)12/h6-7H,4-5H2,1-3H3,(H2,10,12). The molecule has 2 N–H and O–H groups in total. The third kappa shape index (κ3) is 3.51. The Labute approximate surface area is 73.3 Å². The Balaban J connectivity index is 3.95. The molecule has 0 saturated heterocycles. The molecule has 0 aromatic carbocycles. The van der Waals surface area contributed by atoms with Crippen molar-refractivity contribution >= 4 is 11.7 Å². The fraction of sp³-hybridized carbons (Fsp3) is 0.778. The number of hydrogen-bond donors (Lipinski definition) is 1. The van der Waals surface area contributed by atoms with Gasteiger partial charge >= 0.3 is 0 Å². The summed E-state index contributed by atoms with van der Waals surface area (Å²) < 4.78 is 0. The van der Waals surface area contributed by atoms with E-state index in [2.05, 4.69) is 13.8 Å². The van der Waals surface area contributed by atoms with Gasteiger partial charge in [0.1, 0.15) is 0 Å². The maximum absolute atomic E-state index is 11.0. The molecule has 2 unspecified atom stereocenters. The molecule has 0 bridgehead atoms. The number of carbonyl (C=O) groups is 2. The summed E-state index contributed by atoms with van der Waals surface area (Å²) in [6.07, 6.45) is 1.77. The molecular weight excluding hydrogens is 154 g/mol. The number of hydrogen-bond acceptors (Lipinski definition) is 2. The molecule has 12 heavy (non-hydrogen) atoms. The Kier molecular flexibility index (Phi) is 4.55. The van der Waals surface area contributed by atoms with Crippen LogP contribution in [0.5, 0.6) is 0 Å². The summed E-state index contributed by atoms with van der Waals surface area (Å²) in [5, 5.41) is 0. The summed E-state index contributed by atoms with van der Waals surface area (Å²) >= 11 is 0. The van der Waals surface area contributed by atoms with Crippen molar-refractivity contribution in [3.05, 3.63) is 0 Å². The summed E-state index contributed by atoms with van der Waals surface area (Å²) in [5.41, 5.74) is 4.87. The van der Waals surface area contributed by atoms with Gasteiger partial charge in [0.05, 0.1) is 0 Å². The van der Waals surface area contributed by atoms with E-state index < -0.39 is 11.7 Å². The van der Waals surface area contributed by atoms with Gasteiger partial charge < -0.3 is 5.73 Å². The Bertz CT molecular complexity index is 177. The number of nitrogens with two attached hydrogens (primary N) is 1. The molecule has 3 heteroatoms. The van der Waals surface area contributed by atoms with Gasteiger partial charge in [0, 0.05) is 5.92 Å². The maximum Gasteiger partial charge on any atom is 0.285 e. The van der Waals surface area contributed by atoms with Crippen LogP contribution in [0, 0.1) is 11.8 Å². The summed E-state index contributed by atoms with van der Waals surface area (Å²) in [5.74, 6) is -1.01. The van der Waals surface area contributed by atoms with Gasteiger partial charge in [-0.3, -0.25) is 9.59 Å². The first-order chi connectivity index (χ1) is 5.49. The lowest BCUT2D eigenvalue weighted by atomic mass is 9.92. The van der Waals surface area contributed by atoms with Crippen molar-refractivity contribution in [2.75, 3.05) is 0 Å². The Morgan fingerprint density at radius 2 is 1.83 bits per heavy atom. The van der Waals surface area contributed by atoms with Crippen molar-refractivity contribution in [3.8, 4) is 0 Å². The van der Waals surface area contributed by atoms with E-state index in [1.165, 1.54) is 0 Å². The lowest BCUT2D eigenvalue weighted by molar-refractivity contribution is -0.138. The largest absolute Gasteiger partial charge is 0.363 e. The minimum atomic E-state index is -0.814. The molecule has 70 valence electrons. The van der Waals surface area contributed by atoms with Crippen LogP contribution in [0.4, 0.5) is 0 Å². The van der Waals surface area contributed by atoms with Crippen LogP contribution >= 0.6 is 0 Å². The smallest absolute Gasteiger partial charge is 0.285 e. The zero-order valence-corrected chi connectivity index (χ0v) is 7.96. The van der Waals surface area contributed by atoms with E-state index in [0.29, 0.717) is 5.92 Å². The quantitative estimate of drug-likeness (QED) is 0.630. The van der Waals surface area contributed by atoms with E-state index in [4.69, 9.17) is 5.73 Å². The Hall–Kier alpha value is -0.860. The van der Waals surface area contributed by atoms with Crippen molar-refractivity contribution < 1.29 is 9.59 Å². The van der Waals surface area contributed by atoms with E-state index in [0.717, 1.165) is 12.8 Å².